The van der Waals surface area contributed by atoms with E-state index in [9.17, 15) is 8.42 Å². The van der Waals surface area contributed by atoms with Crippen LogP contribution in [0.25, 0.3) is 0 Å². The lowest BCUT2D eigenvalue weighted by Crippen LogP contribution is -2.10. The maximum Gasteiger partial charge on any atom is 0.178 e. The van der Waals surface area contributed by atoms with E-state index in [4.69, 9.17) is 0 Å². The monoisotopic (exact) mass is 241 g/mol. The van der Waals surface area contributed by atoms with E-state index in [1.54, 1.807) is 37.3 Å². The average Bonchev–Trinajstić information content (AvgIpc) is 2.28. The fraction of sp³-hybridized carbons (Fsp3) is 0.364. The van der Waals surface area contributed by atoms with Gasteiger partial charge in [0.15, 0.2) is 9.84 Å². The van der Waals surface area contributed by atoms with Crippen LogP contribution in [0.5, 0.6) is 0 Å². The van der Waals surface area contributed by atoms with Crippen LogP contribution in [0.4, 0.5) is 0 Å². The molecule has 0 aliphatic carbocycles. The molecule has 0 radical (unpaired) electrons. The molecule has 0 saturated carbocycles. The molecule has 0 heterocycles. The van der Waals surface area contributed by atoms with Crippen LogP contribution < -0.4 is 0 Å². The highest BCUT2D eigenvalue weighted by Gasteiger charge is 2.13. The van der Waals surface area contributed by atoms with Gasteiger partial charge in [-0.3, -0.25) is 0 Å². The van der Waals surface area contributed by atoms with Crippen LogP contribution in [-0.2, 0) is 14.7 Å². The minimum absolute atomic E-state index is 0.0513. The first-order valence-electron chi connectivity index (χ1n) is 4.90. The highest BCUT2D eigenvalue weighted by Crippen LogP contribution is 2.11. The molecule has 1 aromatic rings. The Morgan fingerprint density at radius 2 is 1.94 bits per heavy atom. The number of benzene rings is 1. The van der Waals surface area contributed by atoms with Crippen LogP contribution >= 0.6 is 0 Å². The maximum atomic E-state index is 11.8. The molecular formula is C11H15NO3S. The van der Waals surface area contributed by atoms with Gasteiger partial charge < -0.3 is 4.84 Å². The predicted molar refractivity (Wildman–Crippen MR) is 63.2 cm³/mol. The molecule has 0 spiro atoms. The molecule has 0 atom stereocenters. The van der Waals surface area contributed by atoms with Crippen LogP contribution in [0.1, 0.15) is 13.3 Å². The molecule has 16 heavy (non-hydrogen) atoms. The lowest BCUT2D eigenvalue weighted by atomic mass is 10.3. The van der Waals surface area contributed by atoms with Crippen LogP contribution in [0.3, 0.4) is 0 Å². The molecule has 0 aromatic heterocycles. The second-order valence-electron chi connectivity index (χ2n) is 3.39. The number of nitrogens with zero attached hydrogens (tertiary/aromatic N) is 1. The molecule has 0 unspecified atom stereocenters. The van der Waals surface area contributed by atoms with Gasteiger partial charge in [0.1, 0.15) is 7.11 Å². The number of oxime groups is 1. The standard InChI is InChI=1S/C11H15NO3S/c1-10(12-15-2)8-9-16(13,14)11-6-4-3-5-7-11/h3-7H,8-9H2,1-2H3/b12-10+. The van der Waals surface area contributed by atoms with Crippen molar-refractivity contribution in [1.82, 2.24) is 0 Å². The molecule has 1 rings (SSSR count). The first kappa shape index (κ1) is 12.7. The quantitative estimate of drug-likeness (QED) is 0.584. The molecule has 0 aliphatic rings. The van der Waals surface area contributed by atoms with Gasteiger partial charge in [-0.05, 0) is 19.1 Å². The van der Waals surface area contributed by atoms with Crippen molar-refractivity contribution in [3.05, 3.63) is 30.3 Å². The highest BCUT2D eigenvalue weighted by atomic mass is 32.2. The van der Waals surface area contributed by atoms with E-state index in [2.05, 4.69) is 9.99 Å². The average molecular weight is 241 g/mol. The first-order valence-corrected chi connectivity index (χ1v) is 6.56. The van der Waals surface area contributed by atoms with Crippen molar-refractivity contribution in [2.45, 2.75) is 18.2 Å². The Morgan fingerprint density at radius 3 is 2.50 bits per heavy atom. The molecule has 0 aliphatic heterocycles. The molecule has 88 valence electrons. The maximum absolute atomic E-state index is 11.8. The van der Waals surface area contributed by atoms with Crippen molar-refractivity contribution >= 4 is 15.5 Å². The zero-order valence-electron chi connectivity index (χ0n) is 9.38. The molecule has 0 bridgehead atoms. The number of hydrogen-bond acceptors (Lipinski definition) is 4. The summed E-state index contributed by atoms with van der Waals surface area (Å²) in [4.78, 5) is 4.92. The Bertz CT molecular complexity index is 451. The molecule has 0 fully saturated rings. The first-order chi connectivity index (χ1) is 7.56. The lowest BCUT2D eigenvalue weighted by Gasteiger charge is -2.03. The van der Waals surface area contributed by atoms with Crippen LogP contribution in [-0.4, -0.2) is 27.0 Å². The minimum atomic E-state index is -3.21. The van der Waals surface area contributed by atoms with Gasteiger partial charge >= 0.3 is 0 Å². The molecule has 0 N–H and O–H groups in total. The van der Waals surface area contributed by atoms with E-state index in [1.165, 1.54) is 7.11 Å². The van der Waals surface area contributed by atoms with E-state index in [-0.39, 0.29) is 5.75 Å². The topological polar surface area (TPSA) is 55.7 Å². The summed E-state index contributed by atoms with van der Waals surface area (Å²) < 4.78 is 23.7. The van der Waals surface area contributed by atoms with Crippen molar-refractivity contribution in [3.8, 4) is 0 Å². The number of hydrogen-bond donors (Lipinski definition) is 0. The fourth-order valence-electron chi connectivity index (χ4n) is 1.23. The summed E-state index contributed by atoms with van der Waals surface area (Å²) >= 11 is 0. The van der Waals surface area contributed by atoms with E-state index >= 15 is 0 Å². The lowest BCUT2D eigenvalue weighted by molar-refractivity contribution is 0.212. The number of rotatable bonds is 5. The van der Waals surface area contributed by atoms with Crippen molar-refractivity contribution in [3.63, 3.8) is 0 Å². The summed E-state index contributed by atoms with van der Waals surface area (Å²) in [7, 11) is -1.77. The van der Waals surface area contributed by atoms with Gasteiger partial charge in [0.25, 0.3) is 0 Å². The summed E-state index contributed by atoms with van der Waals surface area (Å²) in [5.41, 5.74) is 0.669. The van der Waals surface area contributed by atoms with Gasteiger partial charge in [0.2, 0.25) is 0 Å². The fourth-order valence-corrected chi connectivity index (χ4v) is 2.60. The molecule has 0 amide bonds. The predicted octanol–water partition coefficient (Wildman–Crippen LogP) is 1.87. The van der Waals surface area contributed by atoms with Gasteiger partial charge in [-0.2, -0.15) is 0 Å². The van der Waals surface area contributed by atoms with E-state index in [0.717, 1.165) is 0 Å². The van der Waals surface area contributed by atoms with Crippen LogP contribution in [0.2, 0.25) is 0 Å². The third-order valence-electron chi connectivity index (χ3n) is 2.08. The molecule has 1 aromatic carbocycles. The second kappa shape index (κ2) is 5.65. The Labute approximate surface area is 95.8 Å². The zero-order valence-corrected chi connectivity index (χ0v) is 10.2. The van der Waals surface area contributed by atoms with Crippen molar-refractivity contribution in [2.75, 3.05) is 12.9 Å². The summed E-state index contributed by atoms with van der Waals surface area (Å²) in [6.45, 7) is 1.74. The van der Waals surface area contributed by atoms with Crippen molar-refractivity contribution < 1.29 is 13.3 Å². The Hall–Kier alpha value is -1.36. The molecule has 5 heteroatoms. The smallest absolute Gasteiger partial charge is 0.178 e. The molecule has 0 saturated heterocycles. The summed E-state index contributed by atoms with van der Waals surface area (Å²) in [5.74, 6) is 0.0513. The van der Waals surface area contributed by atoms with Gasteiger partial charge in [0.05, 0.1) is 16.4 Å². The highest BCUT2D eigenvalue weighted by molar-refractivity contribution is 7.91. The Morgan fingerprint density at radius 1 is 1.31 bits per heavy atom. The van der Waals surface area contributed by atoms with E-state index in [0.29, 0.717) is 17.0 Å². The Kier molecular flexibility index (Phi) is 4.49. The van der Waals surface area contributed by atoms with E-state index in [1.807, 2.05) is 0 Å². The third kappa shape index (κ3) is 3.66. The minimum Gasteiger partial charge on any atom is -0.399 e. The summed E-state index contributed by atoms with van der Waals surface area (Å²) in [5, 5.41) is 3.67. The molecular weight excluding hydrogens is 226 g/mol. The van der Waals surface area contributed by atoms with Crippen molar-refractivity contribution in [1.29, 1.82) is 0 Å². The van der Waals surface area contributed by atoms with Crippen LogP contribution in [0, 0.1) is 0 Å². The van der Waals surface area contributed by atoms with Gasteiger partial charge in [-0.25, -0.2) is 8.42 Å². The normalized spacial score (nSPS) is 12.5. The third-order valence-corrected chi connectivity index (χ3v) is 3.81. The summed E-state index contributed by atoms with van der Waals surface area (Å²) in [6, 6.07) is 8.40. The van der Waals surface area contributed by atoms with Crippen LogP contribution in [0.15, 0.2) is 40.4 Å². The summed E-state index contributed by atoms with van der Waals surface area (Å²) in [6.07, 6.45) is 0.380. The Balaban J connectivity index is 2.71. The van der Waals surface area contributed by atoms with Crippen molar-refractivity contribution in [2.24, 2.45) is 5.16 Å². The van der Waals surface area contributed by atoms with Gasteiger partial charge in [0, 0.05) is 6.42 Å². The molecule has 4 nitrogen and oxygen atoms in total. The second-order valence-corrected chi connectivity index (χ2v) is 5.50. The SMILES string of the molecule is CO/N=C(\C)CCS(=O)(=O)c1ccccc1. The van der Waals surface area contributed by atoms with Gasteiger partial charge in [-0.15, -0.1) is 0 Å². The number of sulfone groups is 1. The van der Waals surface area contributed by atoms with Gasteiger partial charge in [-0.1, -0.05) is 23.4 Å². The van der Waals surface area contributed by atoms with E-state index < -0.39 is 9.84 Å². The largest absolute Gasteiger partial charge is 0.399 e. The zero-order chi connectivity index (χ0) is 12.0.